The van der Waals surface area contributed by atoms with E-state index in [1.807, 2.05) is 6.07 Å². The van der Waals surface area contributed by atoms with Crippen LogP contribution in [0, 0.1) is 5.92 Å². The molecule has 0 aliphatic carbocycles. The maximum atomic E-state index is 5.40. The van der Waals surface area contributed by atoms with E-state index >= 15 is 0 Å². The smallest absolute Gasteiger partial charge is 0.0485 e. The fourth-order valence-corrected chi connectivity index (χ4v) is 2.87. The van der Waals surface area contributed by atoms with Crippen molar-refractivity contribution in [1.29, 1.82) is 0 Å². The molecular formula is C15H23BrN2O. The predicted molar refractivity (Wildman–Crippen MR) is 83.7 cm³/mol. The first-order valence-electron chi connectivity index (χ1n) is 7.00. The maximum absolute atomic E-state index is 5.40. The molecule has 4 heteroatoms. The van der Waals surface area contributed by atoms with Gasteiger partial charge in [0.1, 0.15) is 0 Å². The van der Waals surface area contributed by atoms with Crippen molar-refractivity contribution in [2.45, 2.75) is 12.8 Å². The molecule has 0 bridgehead atoms. The van der Waals surface area contributed by atoms with Gasteiger partial charge in [-0.3, -0.25) is 0 Å². The number of nitrogens with one attached hydrogen (secondary N) is 1. The highest BCUT2D eigenvalue weighted by Gasteiger charge is 2.15. The maximum Gasteiger partial charge on any atom is 0.0485 e. The average Bonchev–Trinajstić information content (AvgIpc) is 2.42. The first-order chi connectivity index (χ1) is 9.25. The molecule has 1 aromatic rings. The third kappa shape index (κ3) is 5.13. The van der Waals surface area contributed by atoms with Crippen LogP contribution < -0.4 is 5.32 Å². The SMILES string of the molecule is CN(CCNc1ccccc1Br)CC1CCOCC1. The van der Waals surface area contributed by atoms with Crippen LogP contribution in [0.1, 0.15) is 12.8 Å². The van der Waals surface area contributed by atoms with E-state index in [1.165, 1.54) is 25.1 Å². The molecule has 106 valence electrons. The Morgan fingerprint density at radius 3 is 2.79 bits per heavy atom. The molecule has 3 nitrogen and oxygen atoms in total. The van der Waals surface area contributed by atoms with Crippen LogP contribution in [-0.4, -0.2) is 44.8 Å². The highest BCUT2D eigenvalue weighted by Crippen LogP contribution is 2.21. The van der Waals surface area contributed by atoms with Crippen molar-refractivity contribution in [3.05, 3.63) is 28.7 Å². The molecule has 0 atom stereocenters. The molecule has 0 saturated carbocycles. The van der Waals surface area contributed by atoms with Crippen LogP contribution in [0.5, 0.6) is 0 Å². The number of ether oxygens (including phenoxy) is 1. The third-order valence-corrected chi connectivity index (χ3v) is 4.29. The fraction of sp³-hybridized carbons (Fsp3) is 0.600. The lowest BCUT2D eigenvalue weighted by atomic mass is 10.00. The zero-order chi connectivity index (χ0) is 13.5. The molecular weight excluding hydrogens is 304 g/mol. The molecule has 1 saturated heterocycles. The molecule has 19 heavy (non-hydrogen) atoms. The highest BCUT2D eigenvalue weighted by molar-refractivity contribution is 9.10. The first-order valence-corrected chi connectivity index (χ1v) is 7.79. The van der Waals surface area contributed by atoms with Crippen molar-refractivity contribution < 1.29 is 4.74 Å². The van der Waals surface area contributed by atoms with Gasteiger partial charge in [-0.1, -0.05) is 12.1 Å². The lowest BCUT2D eigenvalue weighted by Gasteiger charge is -2.27. The summed E-state index contributed by atoms with van der Waals surface area (Å²) < 4.78 is 6.52. The van der Waals surface area contributed by atoms with E-state index in [9.17, 15) is 0 Å². The topological polar surface area (TPSA) is 24.5 Å². The van der Waals surface area contributed by atoms with Crippen molar-refractivity contribution in [3.8, 4) is 0 Å². The Morgan fingerprint density at radius 1 is 1.32 bits per heavy atom. The van der Waals surface area contributed by atoms with E-state index < -0.39 is 0 Å². The van der Waals surface area contributed by atoms with Crippen LogP contribution in [0.2, 0.25) is 0 Å². The fourth-order valence-electron chi connectivity index (χ4n) is 2.45. The Labute approximate surface area is 124 Å². The largest absolute Gasteiger partial charge is 0.383 e. The van der Waals surface area contributed by atoms with Crippen molar-refractivity contribution in [1.82, 2.24) is 4.90 Å². The summed E-state index contributed by atoms with van der Waals surface area (Å²) in [5.74, 6) is 0.808. The predicted octanol–water partition coefficient (Wildman–Crippen LogP) is 3.22. The zero-order valence-electron chi connectivity index (χ0n) is 11.6. The number of rotatable bonds is 6. The summed E-state index contributed by atoms with van der Waals surface area (Å²) in [6.07, 6.45) is 2.42. The van der Waals surface area contributed by atoms with Crippen molar-refractivity contribution in [2.75, 3.05) is 45.2 Å². The molecule has 1 N–H and O–H groups in total. The average molecular weight is 327 g/mol. The summed E-state index contributed by atoms with van der Waals surface area (Å²) in [6, 6.07) is 8.25. The summed E-state index contributed by atoms with van der Waals surface area (Å²) in [4.78, 5) is 2.42. The van der Waals surface area contributed by atoms with Crippen LogP contribution in [0.15, 0.2) is 28.7 Å². The quantitative estimate of drug-likeness (QED) is 0.868. The Balaban J connectivity index is 1.66. The number of likely N-dealkylation sites (N-methyl/N-ethyl adjacent to an activating group) is 1. The molecule has 0 unspecified atom stereocenters. The van der Waals surface area contributed by atoms with Gasteiger partial charge in [0.15, 0.2) is 0 Å². The summed E-state index contributed by atoms with van der Waals surface area (Å²) in [7, 11) is 2.21. The molecule has 0 amide bonds. The van der Waals surface area contributed by atoms with Gasteiger partial charge in [0, 0.05) is 43.0 Å². The van der Waals surface area contributed by atoms with Gasteiger partial charge in [-0.25, -0.2) is 0 Å². The lowest BCUT2D eigenvalue weighted by molar-refractivity contribution is 0.0562. The molecule has 2 rings (SSSR count). The van der Waals surface area contributed by atoms with E-state index in [1.54, 1.807) is 0 Å². The van der Waals surface area contributed by atoms with Crippen LogP contribution in [0.3, 0.4) is 0 Å². The van der Waals surface area contributed by atoms with Gasteiger partial charge in [-0.15, -0.1) is 0 Å². The van der Waals surface area contributed by atoms with Gasteiger partial charge in [0.05, 0.1) is 0 Å². The minimum Gasteiger partial charge on any atom is -0.383 e. The number of hydrogen-bond acceptors (Lipinski definition) is 3. The number of halogens is 1. The monoisotopic (exact) mass is 326 g/mol. The van der Waals surface area contributed by atoms with Gasteiger partial charge >= 0.3 is 0 Å². The summed E-state index contributed by atoms with van der Waals surface area (Å²) in [6.45, 7) is 5.10. The molecule has 1 aliphatic heterocycles. The Kier molecular flexibility index (Phi) is 6.14. The zero-order valence-corrected chi connectivity index (χ0v) is 13.2. The standard InChI is InChI=1S/C15H23BrN2O/c1-18(12-13-6-10-19-11-7-13)9-8-17-15-5-3-2-4-14(15)16/h2-5,13,17H,6-12H2,1H3. The molecule has 0 aromatic heterocycles. The lowest BCUT2D eigenvalue weighted by Crippen LogP contribution is -2.32. The molecule has 1 aromatic carbocycles. The highest BCUT2D eigenvalue weighted by atomic mass is 79.9. The second kappa shape index (κ2) is 7.88. The Hall–Kier alpha value is -0.580. The Morgan fingerprint density at radius 2 is 2.05 bits per heavy atom. The summed E-state index contributed by atoms with van der Waals surface area (Å²) in [5.41, 5.74) is 1.17. The van der Waals surface area contributed by atoms with Gasteiger partial charge in [-0.05, 0) is 53.9 Å². The van der Waals surface area contributed by atoms with E-state index in [0.717, 1.165) is 36.7 Å². The minimum absolute atomic E-state index is 0.808. The van der Waals surface area contributed by atoms with E-state index in [0.29, 0.717) is 0 Å². The van der Waals surface area contributed by atoms with E-state index in [-0.39, 0.29) is 0 Å². The van der Waals surface area contributed by atoms with Gasteiger partial charge in [0.25, 0.3) is 0 Å². The Bertz CT molecular complexity index is 380. The summed E-state index contributed by atoms with van der Waals surface area (Å²) >= 11 is 3.55. The first kappa shape index (κ1) is 14.8. The van der Waals surface area contributed by atoms with E-state index in [4.69, 9.17) is 4.74 Å². The second-order valence-electron chi connectivity index (χ2n) is 5.22. The van der Waals surface area contributed by atoms with E-state index in [2.05, 4.69) is 51.4 Å². The molecule has 0 spiro atoms. The minimum atomic E-state index is 0.808. The normalized spacial score (nSPS) is 16.8. The molecule has 1 fully saturated rings. The number of hydrogen-bond donors (Lipinski definition) is 1. The molecule has 1 aliphatic rings. The number of anilines is 1. The van der Waals surface area contributed by atoms with Crippen LogP contribution >= 0.6 is 15.9 Å². The molecule has 0 radical (unpaired) electrons. The van der Waals surface area contributed by atoms with Crippen molar-refractivity contribution >= 4 is 21.6 Å². The van der Waals surface area contributed by atoms with Crippen molar-refractivity contribution in [3.63, 3.8) is 0 Å². The van der Waals surface area contributed by atoms with Gasteiger partial charge in [-0.2, -0.15) is 0 Å². The van der Waals surface area contributed by atoms with Gasteiger partial charge in [0.2, 0.25) is 0 Å². The third-order valence-electron chi connectivity index (χ3n) is 3.59. The summed E-state index contributed by atoms with van der Waals surface area (Å²) in [5, 5.41) is 3.47. The van der Waals surface area contributed by atoms with Gasteiger partial charge < -0.3 is 15.0 Å². The number of para-hydroxylation sites is 1. The van der Waals surface area contributed by atoms with Crippen LogP contribution in [0.25, 0.3) is 0 Å². The van der Waals surface area contributed by atoms with Crippen LogP contribution in [0.4, 0.5) is 5.69 Å². The second-order valence-corrected chi connectivity index (χ2v) is 6.08. The van der Waals surface area contributed by atoms with Crippen molar-refractivity contribution in [2.24, 2.45) is 5.92 Å². The number of benzene rings is 1. The number of nitrogens with zero attached hydrogens (tertiary/aromatic N) is 1. The van der Waals surface area contributed by atoms with Crippen LogP contribution in [-0.2, 0) is 4.74 Å². The molecule has 1 heterocycles.